The van der Waals surface area contributed by atoms with Crippen molar-refractivity contribution in [1.29, 1.82) is 0 Å². The minimum absolute atomic E-state index is 0.207. The lowest BCUT2D eigenvalue weighted by Crippen LogP contribution is -2.07. The first-order valence-electron chi connectivity index (χ1n) is 5.31. The molecule has 1 aromatic heterocycles. The molecule has 0 spiro atoms. The van der Waals surface area contributed by atoms with Gasteiger partial charge in [-0.2, -0.15) is 0 Å². The van der Waals surface area contributed by atoms with E-state index in [4.69, 9.17) is 9.47 Å². The highest BCUT2D eigenvalue weighted by molar-refractivity contribution is 5.87. The van der Waals surface area contributed by atoms with E-state index >= 15 is 0 Å². The summed E-state index contributed by atoms with van der Waals surface area (Å²) >= 11 is 0. The van der Waals surface area contributed by atoms with Gasteiger partial charge in [0.25, 0.3) is 0 Å². The molecule has 0 saturated heterocycles. The highest BCUT2D eigenvalue weighted by Gasteiger charge is 2.11. The second-order valence-electron chi connectivity index (χ2n) is 3.71. The Labute approximate surface area is 103 Å². The fraction of sp³-hybridized carbons (Fsp3) is 0.154. The van der Waals surface area contributed by atoms with Crippen LogP contribution in [0.2, 0.25) is 0 Å². The molecule has 18 heavy (non-hydrogen) atoms. The first-order chi connectivity index (χ1) is 8.56. The summed E-state index contributed by atoms with van der Waals surface area (Å²) in [4.78, 5) is 26.0. The van der Waals surface area contributed by atoms with E-state index in [1.165, 1.54) is 13.8 Å². The number of carbonyl (C=O) groups excluding carboxylic acids is 2. The van der Waals surface area contributed by atoms with Gasteiger partial charge in [-0.1, -0.05) is 0 Å². The maximum absolute atomic E-state index is 11.0. The van der Waals surface area contributed by atoms with Gasteiger partial charge < -0.3 is 9.47 Å². The minimum Gasteiger partial charge on any atom is -0.423 e. The van der Waals surface area contributed by atoms with Gasteiger partial charge in [0.05, 0.1) is 0 Å². The SMILES string of the molecule is CC(=O)Oc1cc2ccncc2cc1OC(C)=O. The van der Waals surface area contributed by atoms with Gasteiger partial charge >= 0.3 is 11.9 Å². The summed E-state index contributed by atoms with van der Waals surface area (Å²) in [6.07, 6.45) is 3.27. The average Bonchev–Trinajstić information content (AvgIpc) is 2.28. The van der Waals surface area contributed by atoms with E-state index in [1.807, 2.05) is 0 Å². The number of carbonyl (C=O) groups is 2. The zero-order valence-electron chi connectivity index (χ0n) is 9.97. The van der Waals surface area contributed by atoms with Crippen LogP contribution in [0.25, 0.3) is 10.8 Å². The molecule has 0 aliphatic carbocycles. The van der Waals surface area contributed by atoms with Crippen LogP contribution in [0.1, 0.15) is 13.8 Å². The van der Waals surface area contributed by atoms with E-state index < -0.39 is 11.9 Å². The Morgan fingerprint density at radius 1 is 1.00 bits per heavy atom. The highest BCUT2D eigenvalue weighted by Crippen LogP contribution is 2.32. The first-order valence-corrected chi connectivity index (χ1v) is 5.31. The van der Waals surface area contributed by atoms with Crippen molar-refractivity contribution in [3.8, 4) is 11.5 Å². The van der Waals surface area contributed by atoms with E-state index in [9.17, 15) is 9.59 Å². The summed E-state index contributed by atoms with van der Waals surface area (Å²) in [5.41, 5.74) is 0. The van der Waals surface area contributed by atoms with E-state index in [-0.39, 0.29) is 11.5 Å². The number of ether oxygens (including phenoxy) is 2. The number of pyridine rings is 1. The third-order valence-electron chi connectivity index (χ3n) is 2.21. The van der Waals surface area contributed by atoms with Crippen LogP contribution in [0.3, 0.4) is 0 Å². The Kier molecular flexibility index (Phi) is 3.23. The fourth-order valence-corrected chi connectivity index (χ4v) is 1.56. The minimum atomic E-state index is -0.480. The van der Waals surface area contributed by atoms with Gasteiger partial charge in [0.1, 0.15) is 0 Å². The number of nitrogens with zero attached hydrogens (tertiary/aromatic N) is 1. The molecule has 0 N–H and O–H groups in total. The lowest BCUT2D eigenvalue weighted by atomic mass is 10.1. The fourth-order valence-electron chi connectivity index (χ4n) is 1.56. The maximum atomic E-state index is 11.0. The summed E-state index contributed by atoms with van der Waals surface area (Å²) in [6.45, 7) is 2.57. The molecule has 0 unspecified atom stereocenters. The van der Waals surface area contributed by atoms with Gasteiger partial charge in [-0.3, -0.25) is 14.6 Å². The Morgan fingerprint density at radius 2 is 1.56 bits per heavy atom. The predicted molar refractivity (Wildman–Crippen MR) is 64.4 cm³/mol. The Hall–Kier alpha value is -2.43. The zero-order valence-corrected chi connectivity index (χ0v) is 9.97. The molecule has 5 nitrogen and oxygen atoms in total. The molecular formula is C13H11NO4. The molecule has 5 heteroatoms. The second-order valence-corrected chi connectivity index (χ2v) is 3.71. The quantitative estimate of drug-likeness (QED) is 0.598. The molecule has 1 heterocycles. The van der Waals surface area contributed by atoms with E-state index in [0.717, 1.165) is 10.8 Å². The van der Waals surface area contributed by atoms with Gasteiger partial charge in [-0.05, 0) is 23.6 Å². The van der Waals surface area contributed by atoms with Crippen molar-refractivity contribution in [2.24, 2.45) is 0 Å². The number of fused-ring (bicyclic) bond motifs is 1. The molecule has 0 amide bonds. The molecule has 0 bridgehead atoms. The number of aromatic nitrogens is 1. The molecule has 0 aliphatic rings. The normalized spacial score (nSPS) is 10.1. The molecular weight excluding hydrogens is 234 g/mol. The van der Waals surface area contributed by atoms with Crippen molar-refractivity contribution in [2.75, 3.05) is 0 Å². The highest BCUT2D eigenvalue weighted by atomic mass is 16.6. The molecule has 0 aliphatic heterocycles. The summed E-state index contributed by atoms with van der Waals surface area (Å²) < 4.78 is 10.0. The lowest BCUT2D eigenvalue weighted by Gasteiger charge is -2.09. The van der Waals surface area contributed by atoms with Crippen LogP contribution in [-0.4, -0.2) is 16.9 Å². The summed E-state index contributed by atoms with van der Waals surface area (Å²) in [6, 6.07) is 5.03. The molecule has 0 radical (unpaired) electrons. The van der Waals surface area contributed by atoms with Crippen LogP contribution in [0.15, 0.2) is 30.6 Å². The Bertz CT molecular complexity index is 567. The predicted octanol–water partition coefficient (Wildman–Crippen LogP) is 2.09. The molecule has 0 fully saturated rings. The lowest BCUT2D eigenvalue weighted by molar-refractivity contribution is -0.134. The van der Waals surface area contributed by atoms with Crippen molar-refractivity contribution >= 4 is 22.7 Å². The van der Waals surface area contributed by atoms with Crippen LogP contribution in [0.5, 0.6) is 11.5 Å². The van der Waals surface area contributed by atoms with Gasteiger partial charge in [-0.15, -0.1) is 0 Å². The monoisotopic (exact) mass is 245 g/mol. The van der Waals surface area contributed by atoms with Crippen LogP contribution in [0.4, 0.5) is 0 Å². The van der Waals surface area contributed by atoms with Gasteiger partial charge in [0, 0.05) is 31.6 Å². The average molecular weight is 245 g/mol. The topological polar surface area (TPSA) is 65.5 Å². The first kappa shape index (κ1) is 12.0. The molecule has 1 aromatic carbocycles. The molecule has 0 saturated carbocycles. The number of rotatable bonds is 2. The van der Waals surface area contributed by atoms with Gasteiger partial charge in [0.2, 0.25) is 0 Å². The van der Waals surface area contributed by atoms with Crippen molar-refractivity contribution in [3.05, 3.63) is 30.6 Å². The summed E-state index contributed by atoms with van der Waals surface area (Å²) in [5.74, 6) is -0.530. The van der Waals surface area contributed by atoms with Crippen LogP contribution >= 0.6 is 0 Å². The third kappa shape index (κ3) is 2.63. The molecule has 2 rings (SSSR count). The van der Waals surface area contributed by atoms with Crippen molar-refractivity contribution in [2.45, 2.75) is 13.8 Å². The van der Waals surface area contributed by atoms with Crippen molar-refractivity contribution in [3.63, 3.8) is 0 Å². The largest absolute Gasteiger partial charge is 0.423 e. The van der Waals surface area contributed by atoms with Crippen molar-refractivity contribution < 1.29 is 19.1 Å². The van der Waals surface area contributed by atoms with E-state index in [0.29, 0.717) is 0 Å². The van der Waals surface area contributed by atoms with Crippen LogP contribution < -0.4 is 9.47 Å². The molecule has 92 valence electrons. The third-order valence-corrected chi connectivity index (χ3v) is 2.21. The maximum Gasteiger partial charge on any atom is 0.308 e. The van der Waals surface area contributed by atoms with Gasteiger partial charge in [-0.25, -0.2) is 0 Å². The summed E-state index contributed by atoms with van der Waals surface area (Å²) in [7, 11) is 0. The smallest absolute Gasteiger partial charge is 0.308 e. The Morgan fingerprint density at radius 3 is 2.11 bits per heavy atom. The van der Waals surface area contributed by atoms with Crippen molar-refractivity contribution in [1.82, 2.24) is 4.98 Å². The Balaban J connectivity index is 2.55. The van der Waals surface area contributed by atoms with Gasteiger partial charge in [0.15, 0.2) is 11.5 Å². The zero-order chi connectivity index (χ0) is 13.1. The van der Waals surface area contributed by atoms with E-state index in [2.05, 4.69) is 4.98 Å². The molecule has 0 atom stereocenters. The number of esters is 2. The van der Waals surface area contributed by atoms with E-state index in [1.54, 1.807) is 30.6 Å². The van der Waals surface area contributed by atoms with Crippen LogP contribution in [-0.2, 0) is 9.59 Å². The summed E-state index contributed by atoms with van der Waals surface area (Å²) in [5, 5.41) is 1.64. The standard InChI is InChI=1S/C13H11NO4/c1-8(15)17-12-5-10-3-4-14-7-11(10)6-13(12)18-9(2)16/h3-7H,1-2H3. The number of hydrogen-bond acceptors (Lipinski definition) is 5. The van der Waals surface area contributed by atoms with Crippen LogP contribution in [0, 0.1) is 0 Å². The number of benzene rings is 1. The molecule has 2 aromatic rings. The number of hydrogen-bond donors (Lipinski definition) is 0. The second kappa shape index (κ2) is 4.83.